The number of hydrogen-bond donors (Lipinski definition) is 1. The fraction of sp³-hybridized carbons (Fsp3) is 0.500. The van der Waals surface area contributed by atoms with E-state index in [0.717, 1.165) is 13.0 Å². The molecule has 21 heavy (non-hydrogen) atoms. The van der Waals surface area contributed by atoms with E-state index >= 15 is 0 Å². The Morgan fingerprint density at radius 2 is 2.43 bits per heavy atom. The molecule has 7 heteroatoms. The Morgan fingerprint density at radius 1 is 1.62 bits per heavy atom. The predicted octanol–water partition coefficient (Wildman–Crippen LogP) is 0.612. The quantitative estimate of drug-likeness (QED) is 0.635. The number of carbonyl (C=O) groups excluding carboxylic acids is 2. The minimum atomic E-state index is -0.450. The number of aromatic nitrogens is 2. The van der Waals surface area contributed by atoms with Gasteiger partial charge in [0.25, 0.3) is 5.91 Å². The van der Waals surface area contributed by atoms with Crippen molar-refractivity contribution < 1.29 is 19.1 Å². The molecule has 1 aliphatic rings. The fourth-order valence-electron chi connectivity index (χ4n) is 2.09. The van der Waals surface area contributed by atoms with Gasteiger partial charge in [-0.2, -0.15) is 5.10 Å². The second-order valence-electron chi connectivity index (χ2n) is 4.76. The van der Waals surface area contributed by atoms with Crippen LogP contribution in [0.3, 0.4) is 0 Å². The van der Waals surface area contributed by atoms with Gasteiger partial charge in [-0.25, -0.2) is 4.79 Å². The number of ether oxygens (including phenoxy) is 2. The van der Waals surface area contributed by atoms with E-state index in [2.05, 4.69) is 15.2 Å². The molecule has 0 aliphatic carbocycles. The summed E-state index contributed by atoms with van der Waals surface area (Å²) in [5, 5.41) is 7.07. The molecule has 1 N–H and O–H groups in total. The molecule has 0 spiro atoms. The van der Waals surface area contributed by atoms with Gasteiger partial charge in [0.2, 0.25) is 0 Å². The van der Waals surface area contributed by atoms with Crippen LogP contribution in [-0.2, 0) is 14.3 Å². The van der Waals surface area contributed by atoms with Crippen molar-refractivity contribution in [2.45, 2.75) is 19.4 Å². The van der Waals surface area contributed by atoms with E-state index in [9.17, 15) is 9.59 Å². The van der Waals surface area contributed by atoms with E-state index in [-0.39, 0.29) is 18.5 Å². The standard InChI is InChI=1S/C14H19N3O4/c1-10-12(8-17(16-10)11-5-7-21-9-11)14(19)15-6-3-4-13(18)20-2/h3-4,8,11H,5-7,9H2,1-2H3,(H,15,19)/b4-3+. The molecule has 7 nitrogen and oxygen atoms in total. The molecule has 1 aromatic rings. The zero-order valence-electron chi connectivity index (χ0n) is 12.2. The smallest absolute Gasteiger partial charge is 0.330 e. The van der Waals surface area contributed by atoms with E-state index in [1.54, 1.807) is 17.8 Å². The third kappa shape index (κ3) is 3.91. The number of amides is 1. The summed E-state index contributed by atoms with van der Waals surface area (Å²) in [7, 11) is 1.30. The summed E-state index contributed by atoms with van der Waals surface area (Å²) in [6.45, 7) is 3.41. The Balaban J connectivity index is 1.93. The van der Waals surface area contributed by atoms with E-state index in [0.29, 0.717) is 17.9 Å². The predicted molar refractivity (Wildman–Crippen MR) is 74.9 cm³/mol. The van der Waals surface area contributed by atoms with Crippen molar-refractivity contribution in [3.05, 3.63) is 29.6 Å². The van der Waals surface area contributed by atoms with Crippen molar-refractivity contribution in [2.75, 3.05) is 26.9 Å². The van der Waals surface area contributed by atoms with Gasteiger partial charge >= 0.3 is 5.97 Å². The third-order valence-corrected chi connectivity index (χ3v) is 3.28. The highest BCUT2D eigenvalue weighted by molar-refractivity contribution is 5.95. The zero-order chi connectivity index (χ0) is 15.2. The molecule has 0 aromatic carbocycles. The Labute approximate surface area is 122 Å². The number of hydrogen-bond acceptors (Lipinski definition) is 5. The monoisotopic (exact) mass is 293 g/mol. The molecule has 114 valence electrons. The average molecular weight is 293 g/mol. The van der Waals surface area contributed by atoms with Crippen LogP contribution in [0, 0.1) is 6.92 Å². The van der Waals surface area contributed by atoms with E-state index in [1.165, 1.54) is 19.3 Å². The van der Waals surface area contributed by atoms with Gasteiger partial charge in [-0.05, 0) is 13.3 Å². The molecular formula is C14H19N3O4. The molecule has 2 rings (SSSR count). The summed E-state index contributed by atoms with van der Waals surface area (Å²) in [6.07, 6.45) is 5.46. The number of esters is 1. The van der Waals surface area contributed by atoms with Crippen LogP contribution in [0.1, 0.15) is 28.5 Å². The van der Waals surface area contributed by atoms with Crippen LogP contribution in [-0.4, -0.2) is 48.5 Å². The molecular weight excluding hydrogens is 274 g/mol. The van der Waals surface area contributed by atoms with Gasteiger partial charge in [0.05, 0.1) is 31.0 Å². The average Bonchev–Trinajstić information content (AvgIpc) is 3.12. The van der Waals surface area contributed by atoms with Crippen LogP contribution < -0.4 is 5.32 Å². The van der Waals surface area contributed by atoms with Crippen LogP contribution in [0.15, 0.2) is 18.3 Å². The number of aryl methyl sites for hydroxylation is 1. The lowest BCUT2D eigenvalue weighted by molar-refractivity contribution is -0.134. The van der Waals surface area contributed by atoms with Gasteiger partial charge < -0.3 is 14.8 Å². The molecule has 1 amide bonds. The Kier molecular flexibility index (Phi) is 5.10. The third-order valence-electron chi connectivity index (χ3n) is 3.28. The largest absolute Gasteiger partial charge is 0.466 e. The van der Waals surface area contributed by atoms with Crippen molar-refractivity contribution in [1.82, 2.24) is 15.1 Å². The second kappa shape index (κ2) is 7.03. The van der Waals surface area contributed by atoms with Crippen molar-refractivity contribution in [3.8, 4) is 0 Å². The van der Waals surface area contributed by atoms with Crippen molar-refractivity contribution in [2.24, 2.45) is 0 Å². The number of nitrogens with one attached hydrogen (secondary N) is 1. The number of carbonyl (C=O) groups is 2. The maximum Gasteiger partial charge on any atom is 0.330 e. The molecule has 0 bridgehead atoms. The lowest BCUT2D eigenvalue weighted by Crippen LogP contribution is -2.23. The topological polar surface area (TPSA) is 82.5 Å². The van der Waals surface area contributed by atoms with Gasteiger partial charge in [0.1, 0.15) is 0 Å². The van der Waals surface area contributed by atoms with Crippen LogP contribution in [0.2, 0.25) is 0 Å². The first kappa shape index (κ1) is 15.2. The van der Waals surface area contributed by atoms with Crippen molar-refractivity contribution in [3.63, 3.8) is 0 Å². The number of nitrogens with zero attached hydrogens (tertiary/aromatic N) is 2. The molecule has 1 saturated heterocycles. The summed E-state index contributed by atoms with van der Waals surface area (Å²) in [6, 6.07) is 0.199. The molecule has 1 atom stereocenters. The lowest BCUT2D eigenvalue weighted by Gasteiger charge is -2.06. The maximum absolute atomic E-state index is 12.1. The lowest BCUT2D eigenvalue weighted by atomic mass is 10.2. The summed E-state index contributed by atoms with van der Waals surface area (Å²) < 4.78 is 11.6. The number of methoxy groups -OCH3 is 1. The van der Waals surface area contributed by atoms with Crippen molar-refractivity contribution in [1.29, 1.82) is 0 Å². The van der Waals surface area contributed by atoms with E-state index < -0.39 is 5.97 Å². The van der Waals surface area contributed by atoms with Crippen molar-refractivity contribution >= 4 is 11.9 Å². The summed E-state index contributed by atoms with van der Waals surface area (Å²) in [5.74, 6) is -0.665. The maximum atomic E-state index is 12.1. The van der Waals surface area contributed by atoms with Gasteiger partial charge in [-0.3, -0.25) is 9.48 Å². The fourth-order valence-corrected chi connectivity index (χ4v) is 2.09. The minimum absolute atomic E-state index is 0.199. The first-order chi connectivity index (χ1) is 10.1. The van der Waals surface area contributed by atoms with Crippen LogP contribution in [0.5, 0.6) is 0 Å². The van der Waals surface area contributed by atoms with Crippen LogP contribution >= 0.6 is 0 Å². The highest BCUT2D eigenvalue weighted by atomic mass is 16.5. The molecule has 1 fully saturated rings. The zero-order valence-corrected chi connectivity index (χ0v) is 12.2. The molecule has 1 aliphatic heterocycles. The van der Waals surface area contributed by atoms with Gasteiger partial charge in [-0.15, -0.1) is 0 Å². The summed E-state index contributed by atoms with van der Waals surface area (Å²) in [4.78, 5) is 22.9. The molecule has 0 saturated carbocycles. The van der Waals surface area contributed by atoms with Gasteiger partial charge in [0, 0.05) is 25.4 Å². The molecule has 1 unspecified atom stereocenters. The van der Waals surface area contributed by atoms with E-state index in [1.807, 2.05) is 0 Å². The second-order valence-corrected chi connectivity index (χ2v) is 4.76. The van der Waals surface area contributed by atoms with Gasteiger partial charge in [0.15, 0.2) is 0 Å². The normalized spacial score (nSPS) is 18.1. The number of rotatable bonds is 5. The molecule has 1 aromatic heterocycles. The van der Waals surface area contributed by atoms with Gasteiger partial charge in [-0.1, -0.05) is 6.08 Å². The Morgan fingerprint density at radius 3 is 3.10 bits per heavy atom. The highest BCUT2D eigenvalue weighted by Crippen LogP contribution is 2.19. The Bertz CT molecular complexity index is 544. The summed E-state index contributed by atoms with van der Waals surface area (Å²) >= 11 is 0. The highest BCUT2D eigenvalue weighted by Gasteiger charge is 2.21. The van der Waals surface area contributed by atoms with Crippen LogP contribution in [0.25, 0.3) is 0 Å². The first-order valence-electron chi connectivity index (χ1n) is 6.78. The first-order valence-corrected chi connectivity index (χ1v) is 6.78. The molecule has 2 heterocycles. The summed E-state index contributed by atoms with van der Waals surface area (Å²) in [5.41, 5.74) is 1.21. The SMILES string of the molecule is COC(=O)/C=C/CNC(=O)c1cn(C2CCOC2)nc1C. The van der Waals surface area contributed by atoms with E-state index in [4.69, 9.17) is 4.74 Å². The Hall–Kier alpha value is -2.15. The molecule has 0 radical (unpaired) electrons. The minimum Gasteiger partial charge on any atom is -0.466 e. The van der Waals surface area contributed by atoms with Crippen LogP contribution in [0.4, 0.5) is 0 Å².